The van der Waals surface area contributed by atoms with Crippen molar-refractivity contribution in [2.75, 3.05) is 0 Å². The zero-order valence-electron chi connectivity index (χ0n) is 6.61. The Labute approximate surface area is 78.0 Å². The number of halogens is 4. The van der Waals surface area contributed by atoms with Crippen LogP contribution >= 0.6 is 12.6 Å². The normalized spacial score (nSPS) is 11.8. The molecule has 0 unspecified atom stereocenters. The second-order valence-electron chi connectivity index (χ2n) is 2.61. The number of alkyl halides is 3. The van der Waals surface area contributed by atoms with Crippen molar-refractivity contribution in [3.05, 3.63) is 29.1 Å². The van der Waals surface area contributed by atoms with Crippen LogP contribution in [0.4, 0.5) is 17.6 Å². The van der Waals surface area contributed by atoms with E-state index in [0.29, 0.717) is 0 Å². The largest absolute Gasteiger partial charge is 0.417 e. The SMILES string of the molecule is Cc1cc(F)cc(S)c1C(F)(F)F. The van der Waals surface area contributed by atoms with Crippen LogP contribution in [0.25, 0.3) is 0 Å². The molecule has 0 amide bonds. The first-order valence-corrected chi connectivity index (χ1v) is 3.83. The number of rotatable bonds is 0. The quantitative estimate of drug-likeness (QED) is 0.492. The second-order valence-corrected chi connectivity index (χ2v) is 3.10. The molecule has 0 aliphatic carbocycles. The predicted octanol–water partition coefficient (Wildman–Crippen LogP) is 3.44. The summed E-state index contributed by atoms with van der Waals surface area (Å²) < 4.78 is 49.4. The van der Waals surface area contributed by atoms with E-state index in [1.165, 1.54) is 6.92 Å². The average Bonchev–Trinajstić information content (AvgIpc) is 1.78. The van der Waals surface area contributed by atoms with Crippen LogP contribution in [-0.2, 0) is 6.18 Å². The topological polar surface area (TPSA) is 0 Å². The van der Waals surface area contributed by atoms with Crippen LogP contribution in [0.1, 0.15) is 11.1 Å². The second kappa shape index (κ2) is 3.21. The lowest BCUT2D eigenvalue weighted by atomic mass is 10.1. The van der Waals surface area contributed by atoms with Gasteiger partial charge in [-0.2, -0.15) is 13.2 Å². The lowest BCUT2D eigenvalue weighted by Crippen LogP contribution is -2.09. The molecule has 0 aliphatic heterocycles. The van der Waals surface area contributed by atoms with E-state index < -0.39 is 17.6 Å². The molecule has 0 fully saturated rings. The molecule has 1 rings (SSSR count). The van der Waals surface area contributed by atoms with E-state index >= 15 is 0 Å². The monoisotopic (exact) mass is 210 g/mol. The summed E-state index contributed by atoms with van der Waals surface area (Å²) in [7, 11) is 0. The van der Waals surface area contributed by atoms with Gasteiger partial charge >= 0.3 is 6.18 Å². The molecule has 72 valence electrons. The minimum absolute atomic E-state index is 0.155. The summed E-state index contributed by atoms with van der Waals surface area (Å²) in [5.74, 6) is -0.713. The fourth-order valence-electron chi connectivity index (χ4n) is 1.09. The van der Waals surface area contributed by atoms with Crippen LogP contribution in [0.15, 0.2) is 17.0 Å². The molecular weight excluding hydrogens is 204 g/mol. The summed E-state index contributed by atoms with van der Waals surface area (Å²) in [4.78, 5) is -0.384. The maximum absolute atomic E-state index is 12.6. The molecule has 0 spiro atoms. The maximum atomic E-state index is 12.6. The fourth-order valence-corrected chi connectivity index (χ4v) is 1.52. The molecule has 0 aromatic heterocycles. The molecule has 0 saturated heterocycles. The Balaban J connectivity index is 3.38. The van der Waals surface area contributed by atoms with Crippen molar-refractivity contribution < 1.29 is 17.6 Å². The van der Waals surface area contributed by atoms with Gasteiger partial charge in [0, 0.05) is 4.90 Å². The number of hydrogen-bond acceptors (Lipinski definition) is 1. The summed E-state index contributed by atoms with van der Waals surface area (Å²) in [5, 5.41) is 0. The molecular formula is C8H6F4S. The minimum Gasteiger partial charge on any atom is -0.207 e. The third-order valence-corrected chi connectivity index (χ3v) is 1.92. The van der Waals surface area contributed by atoms with E-state index in [-0.39, 0.29) is 10.5 Å². The number of benzene rings is 1. The molecule has 13 heavy (non-hydrogen) atoms. The summed E-state index contributed by atoms with van der Waals surface area (Å²) in [6.07, 6.45) is -4.48. The van der Waals surface area contributed by atoms with Crippen molar-refractivity contribution in [1.29, 1.82) is 0 Å². The predicted molar refractivity (Wildman–Crippen MR) is 43.4 cm³/mol. The van der Waals surface area contributed by atoms with Gasteiger partial charge in [0.05, 0.1) is 5.56 Å². The summed E-state index contributed by atoms with van der Waals surface area (Å²) in [6, 6.07) is 1.58. The Bertz CT molecular complexity index is 306. The van der Waals surface area contributed by atoms with Gasteiger partial charge in [-0.05, 0) is 24.6 Å². The highest BCUT2D eigenvalue weighted by Crippen LogP contribution is 2.36. The molecule has 0 heterocycles. The lowest BCUT2D eigenvalue weighted by Gasteiger charge is -2.12. The summed E-state index contributed by atoms with van der Waals surface area (Å²) in [5.41, 5.74) is -1.03. The number of thiol groups is 1. The molecule has 0 radical (unpaired) electrons. The zero-order chi connectivity index (χ0) is 10.2. The molecule has 5 heteroatoms. The number of aryl methyl sites for hydroxylation is 1. The molecule has 0 nitrogen and oxygen atoms in total. The third kappa shape index (κ3) is 2.15. The Kier molecular flexibility index (Phi) is 2.56. The molecule has 0 bridgehead atoms. The third-order valence-electron chi connectivity index (χ3n) is 1.56. The first-order valence-electron chi connectivity index (χ1n) is 3.38. The fraction of sp³-hybridized carbons (Fsp3) is 0.250. The summed E-state index contributed by atoms with van der Waals surface area (Å²) >= 11 is 3.57. The van der Waals surface area contributed by atoms with Crippen LogP contribution in [0, 0.1) is 12.7 Å². The number of hydrogen-bond donors (Lipinski definition) is 1. The Morgan fingerprint density at radius 3 is 2.15 bits per heavy atom. The first kappa shape index (κ1) is 10.4. The molecule has 0 N–H and O–H groups in total. The van der Waals surface area contributed by atoms with E-state index in [0.717, 1.165) is 12.1 Å². The van der Waals surface area contributed by atoms with E-state index in [1.807, 2.05) is 0 Å². The molecule has 0 saturated carbocycles. The molecule has 0 atom stereocenters. The van der Waals surface area contributed by atoms with Crippen molar-refractivity contribution in [2.24, 2.45) is 0 Å². The van der Waals surface area contributed by atoms with E-state index in [9.17, 15) is 17.6 Å². The van der Waals surface area contributed by atoms with Gasteiger partial charge in [-0.3, -0.25) is 0 Å². The maximum Gasteiger partial charge on any atom is 0.417 e. The first-order chi connectivity index (χ1) is 5.82. The van der Waals surface area contributed by atoms with Crippen LogP contribution in [0.3, 0.4) is 0 Å². The van der Waals surface area contributed by atoms with E-state index in [2.05, 4.69) is 12.6 Å². The standard InChI is InChI=1S/C8H6F4S/c1-4-2-5(9)3-6(13)7(4)8(10,11)12/h2-3,13H,1H3. The van der Waals surface area contributed by atoms with Gasteiger partial charge in [-0.15, -0.1) is 12.6 Å². The van der Waals surface area contributed by atoms with E-state index in [1.54, 1.807) is 0 Å². The lowest BCUT2D eigenvalue weighted by molar-refractivity contribution is -0.140. The molecule has 0 aliphatic rings. The van der Waals surface area contributed by atoms with Gasteiger partial charge < -0.3 is 0 Å². The van der Waals surface area contributed by atoms with Gasteiger partial charge in [-0.25, -0.2) is 4.39 Å². The minimum atomic E-state index is -4.48. The Hall–Kier alpha value is -0.710. The molecule has 1 aromatic rings. The molecule has 1 aromatic carbocycles. The van der Waals surface area contributed by atoms with Crippen molar-refractivity contribution in [3.63, 3.8) is 0 Å². The zero-order valence-corrected chi connectivity index (χ0v) is 7.51. The van der Waals surface area contributed by atoms with Gasteiger partial charge in [0.15, 0.2) is 0 Å². The van der Waals surface area contributed by atoms with Gasteiger partial charge in [0.25, 0.3) is 0 Å². The highest BCUT2D eigenvalue weighted by Gasteiger charge is 2.34. The Morgan fingerprint density at radius 1 is 1.23 bits per heavy atom. The van der Waals surface area contributed by atoms with Crippen molar-refractivity contribution in [1.82, 2.24) is 0 Å². The van der Waals surface area contributed by atoms with Crippen LogP contribution < -0.4 is 0 Å². The van der Waals surface area contributed by atoms with Gasteiger partial charge in [-0.1, -0.05) is 0 Å². The highest BCUT2D eigenvalue weighted by molar-refractivity contribution is 7.80. The van der Waals surface area contributed by atoms with Gasteiger partial charge in [0.1, 0.15) is 5.82 Å². The van der Waals surface area contributed by atoms with Crippen molar-refractivity contribution in [3.8, 4) is 0 Å². The van der Waals surface area contributed by atoms with Crippen molar-refractivity contribution >= 4 is 12.6 Å². The Morgan fingerprint density at radius 2 is 1.77 bits per heavy atom. The van der Waals surface area contributed by atoms with Crippen molar-refractivity contribution in [2.45, 2.75) is 18.0 Å². The van der Waals surface area contributed by atoms with Crippen LogP contribution in [-0.4, -0.2) is 0 Å². The van der Waals surface area contributed by atoms with Crippen LogP contribution in [0.2, 0.25) is 0 Å². The highest BCUT2D eigenvalue weighted by atomic mass is 32.1. The van der Waals surface area contributed by atoms with E-state index in [4.69, 9.17) is 0 Å². The van der Waals surface area contributed by atoms with Gasteiger partial charge in [0.2, 0.25) is 0 Å². The van der Waals surface area contributed by atoms with Crippen LogP contribution in [0.5, 0.6) is 0 Å². The smallest absolute Gasteiger partial charge is 0.207 e. The summed E-state index contributed by atoms with van der Waals surface area (Å²) in [6.45, 7) is 1.20. The average molecular weight is 210 g/mol.